The van der Waals surface area contributed by atoms with Crippen molar-refractivity contribution in [3.05, 3.63) is 47.8 Å². The molecule has 0 spiro atoms. The molecule has 1 aromatic carbocycles. The molecular formula is C15H20N2O2. The molecule has 4 nitrogen and oxygen atoms in total. The summed E-state index contributed by atoms with van der Waals surface area (Å²) in [6, 6.07) is 9.79. The lowest BCUT2D eigenvalue weighted by Crippen LogP contribution is -2.13. The lowest BCUT2D eigenvalue weighted by atomic mass is 10.0. The Kier molecular flexibility index (Phi) is 4.58. The van der Waals surface area contributed by atoms with Crippen LogP contribution >= 0.6 is 0 Å². The number of rotatable bonds is 6. The Morgan fingerprint density at radius 1 is 1.32 bits per heavy atom. The van der Waals surface area contributed by atoms with Crippen molar-refractivity contribution in [1.82, 2.24) is 9.78 Å². The minimum absolute atomic E-state index is 0.369. The number of nitrogens with zero attached hydrogens (tertiary/aromatic N) is 2. The van der Waals surface area contributed by atoms with E-state index in [0.29, 0.717) is 6.42 Å². The van der Waals surface area contributed by atoms with Gasteiger partial charge in [-0.1, -0.05) is 18.2 Å². The summed E-state index contributed by atoms with van der Waals surface area (Å²) in [7, 11) is 3.57. The summed E-state index contributed by atoms with van der Waals surface area (Å²) >= 11 is 0. The van der Waals surface area contributed by atoms with Crippen molar-refractivity contribution in [3.63, 3.8) is 0 Å². The fourth-order valence-electron chi connectivity index (χ4n) is 2.19. The Hall–Kier alpha value is -1.81. The van der Waals surface area contributed by atoms with Gasteiger partial charge < -0.3 is 9.84 Å². The summed E-state index contributed by atoms with van der Waals surface area (Å²) in [6.07, 6.45) is 3.57. The average Bonchev–Trinajstić information content (AvgIpc) is 2.82. The van der Waals surface area contributed by atoms with Crippen molar-refractivity contribution in [2.45, 2.75) is 25.4 Å². The molecule has 1 N–H and O–H groups in total. The Morgan fingerprint density at radius 3 is 2.79 bits per heavy atom. The highest BCUT2D eigenvalue weighted by molar-refractivity contribution is 5.33. The van der Waals surface area contributed by atoms with Gasteiger partial charge in [-0.25, -0.2) is 0 Å². The van der Waals surface area contributed by atoms with Crippen LogP contribution in [0, 0.1) is 0 Å². The Bertz CT molecular complexity index is 522. The third-order valence-electron chi connectivity index (χ3n) is 3.30. The quantitative estimate of drug-likeness (QED) is 0.863. The van der Waals surface area contributed by atoms with Gasteiger partial charge in [-0.15, -0.1) is 0 Å². The topological polar surface area (TPSA) is 47.3 Å². The van der Waals surface area contributed by atoms with Gasteiger partial charge in [0.25, 0.3) is 0 Å². The van der Waals surface area contributed by atoms with Crippen LogP contribution in [-0.4, -0.2) is 28.1 Å². The number of aliphatic hydroxyl groups excluding tert-OH is 1. The van der Waals surface area contributed by atoms with Crippen LogP contribution in [0.2, 0.25) is 0 Å². The van der Waals surface area contributed by atoms with Gasteiger partial charge in [-0.2, -0.15) is 5.10 Å². The second-order valence-corrected chi connectivity index (χ2v) is 4.65. The lowest BCUT2D eigenvalue weighted by Gasteiger charge is -2.13. The molecule has 4 heteroatoms. The molecule has 0 radical (unpaired) electrons. The molecule has 2 rings (SSSR count). The SMILES string of the molecule is COc1ccccc1CC(O)CCc1ccnn1C. The molecule has 1 heterocycles. The van der Waals surface area contributed by atoms with Gasteiger partial charge in [0.2, 0.25) is 0 Å². The first-order valence-electron chi connectivity index (χ1n) is 6.47. The summed E-state index contributed by atoms with van der Waals surface area (Å²) in [5.74, 6) is 0.835. The molecule has 102 valence electrons. The fraction of sp³-hybridized carbons (Fsp3) is 0.400. The first-order chi connectivity index (χ1) is 9.20. The summed E-state index contributed by atoms with van der Waals surface area (Å²) in [5.41, 5.74) is 2.18. The van der Waals surface area contributed by atoms with Crippen LogP contribution in [0.4, 0.5) is 0 Å². The first-order valence-corrected chi connectivity index (χ1v) is 6.47. The molecule has 0 aliphatic heterocycles. The maximum atomic E-state index is 10.1. The zero-order chi connectivity index (χ0) is 13.7. The van der Waals surface area contributed by atoms with Crippen molar-refractivity contribution in [2.24, 2.45) is 7.05 Å². The van der Waals surface area contributed by atoms with Gasteiger partial charge in [-0.05, 0) is 30.5 Å². The van der Waals surface area contributed by atoms with E-state index in [-0.39, 0.29) is 6.10 Å². The largest absolute Gasteiger partial charge is 0.496 e. The highest BCUT2D eigenvalue weighted by Crippen LogP contribution is 2.20. The molecule has 0 bridgehead atoms. The molecule has 0 amide bonds. The lowest BCUT2D eigenvalue weighted by molar-refractivity contribution is 0.163. The number of hydrogen-bond acceptors (Lipinski definition) is 3. The van der Waals surface area contributed by atoms with Crippen LogP contribution in [0.3, 0.4) is 0 Å². The second kappa shape index (κ2) is 6.38. The van der Waals surface area contributed by atoms with Crippen LogP contribution in [0.1, 0.15) is 17.7 Å². The Balaban J connectivity index is 1.90. The van der Waals surface area contributed by atoms with E-state index in [2.05, 4.69) is 5.10 Å². The molecule has 0 aliphatic carbocycles. The minimum Gasteiger partial charge on any atom is -0.496 e. The number of ether oxygens (including phenoxy) is 1. The standard InChI is InChI=1S/C15H20N2O2/c1-17-13(9-10-16-17)7-8-14(18)11-12-5-3-4-6-15(12)19-2/h3-6,9-10,14,18H,7-8,11H2,1-2H3. The van der Waals surface area contributed by atoms with Crippen LogP contribution in [0.15, 0.2) is 36.5 Å². The van der Waals surface area contributed by atoms with Crippen LogP contribution in [0.5, 0.6) is 5.75 Å². The normalized spacial score (nSPS) is 12.4. The summed E-state index contributed by atoms with van der Waals surface area (Å²) < 4.78 is 7.13. The van der Waals surface area contributed by atoms with E-state index in [1.165, 1.54) is 0 Å². The predicted molar refractivity (Wildman–Crippen MR) is 74.2 cm³/mol. The van der Waals surface area contributed by atoms with Gasteiger partial charge in [-0.3, -0.25) is 4.68 Å². The van der Waals surface area contributed by atoms with Crippen molar-refractivity contribution >= 4 is 0 Å². The number of benzene rings is 1. The van der Waals surface area contributed by atoms with Gasteiger partial charge in [0.1, 0.15) is 5.75 Å². The van der Waals surface area contributed by atoms with Crippen molar-refractivity contribution in [2.75, 3.05) is 7.11 Å². The minimum atomic E-state index is -0.369. The maximum Gasteiger partial charge on any atom is 0.122 e. The van der Waals surface area contributed by atoms with Crippen molar-refractivity contribution in [3.8, 4) is 5.75 Å². The van der Waals surface area contributed by atoms with Gasteiger partial charge in [0.05, 0.1) is 13.2 Å². The molecule has 1 unspecified atom stereocenters. The zero-order valence-electron chi connectivity index (χ0n) is 11.4. The second-order valence-electron chi connectivity index (χ2n) is 4.65. The van der Waals surface area contributed by atoms with E-state index in [0.717, 1.165) is 29.8 Å². The van der Waals surface area contributed by atoms with Crippen molar-refractivity contribution in [1.29, 1.82) is 0 Å². The smallest absolute Gasteiger partial charge is 0.122 e. The number of hydrogen-bond donors (Lipinski definition) is 1. The molecule has 0 aliphatic rings. The molecule has 1 atom stereocenters. The van der Waals surface area contributed by atoms with E-state index in [4.69, 9.17) is 4.74 Å². The van der Waals surface area contributed by atoms with Gasteiger partial charge in [0.15, 0.2) is 0 Å². The molecule has 2 aromatic rings. The molecular weight excluding hydrogens is 240 g/mol. The molecule has 1 aromatic heterocycles. The number of para-hydroxylation sites is 1. The highest BCUT2D eigenvalue weighted by atomic mass is 16.5. The third-order valence-corrected chi connectivity index (χ3v) is 3.30. The van der Waals surface area contributed by atoms with E-state index < -0.39 is 0 Å². The fourth-order valence-corrected chi connectivity index (χ4v) is 2.19. The maximum absolute atomic E-state index is 10.1. The molecule has 19 heavy (non-hydrogen) atoms. The Morgan fingerprint density at radius 2 is 2.11 bits per heavy atom. The number of aliphatic hydroxyl groups is 1. The van der Waals surface area contributed by atoms with E-state index in [1.54, 1.807) is 13.3 Å². The van der Waals surface area contributed by atoms with Gasteiger partial charge in [0, 0.05) is 25.4 Å². The number of aryl methyl sites for hydroxylation is 2. The molecule has 0 saturated heterocycles. The number of aromatic nitrogens is 2. The summed E-state index contributed by atoms with van der Waals surface area (Å²) in [5, 5.41) is 14.2. The monoisotopic (exact) mass is 260 g/mol. The average molecular weight is 260 g/mol. The summed E-state index contributed by atoms with van der Waals surface area (Å²) in [4.78, 5) is 0. The van der Waals surface area contributed by atoms with Crippen molar-refractivity contribution < 1.29 is 9.84 Å². The van der Waals surface area contributed by atoms with E-state index in [9.17, 15) is 5.11 Å². The molecule has 0 fully saturated rings. The molecule has 0 saturated carbocycles. The van der Waals surface area contributed by atoms with Crippen LogP contribution < -0.4 is 4.74 Å². The number of methoxy groups -OCH3 is 1. The van der Waals surface area contributed by atoms with Gasteiger partial charge >= 0.3 is 0 Å². The third kappa shape index (κ3) is 3.58. The summed E-state index contributed by atoms with van der Waals surface area (Å²) in [6.45, 7) is 0. The zero-order valence-corrected chi connectivity index (χ0v) is 11.4. The Labute approximate surface area is 113 Å². The van der Waals surface area contributed by atoms with E-state index in [1.807, 2.05) is 42.1 Å². The van der Waals surface area contributed by atoms with Crippen LogP contribution in [-0.2, 0) is 19.9 Å². The van der Waals surface area contributed by atoms with Crippen LogP contribution in [0.25, 0.3) is 0 Å². The highest BCUT2D eigenvalue weighted by Gasteiger charge is 2.10. The predicted octanol–water partition coefficient (Wildman–Crippen LogP) is 1.96. The van der Waals surface area contributed by atoms with E-state index >= 15 is 0 Å². The first kappa shape index (κ1) is 13.6.